The smallest absolute Gasteiger partial charge is 0.155 e. The number of benzene rings is 1. The van der Waals surface area contributed by atoms with Crippen molar-refractivity contribution in [3.8, 4) is 0 Å². The fraction of sp³-hybridized carbons (Fsp3) is 0.214. The van der Waals surface area contributed by atoms with Crippen molar-refractivity contribution in [3.63, 3.8) is 0 Å². The number of rotatable bonds is 2. The van der Waals surface area contributed by atoms with E-state index in [-0.39, 0.29) is 5.78 Å². The van der Waals surface area contributed by atoms with Gasteiger partial charge in [0.2, 0.25) is 0 Å². The molecule has 0 spiro atoms. The largest absolute Gasteiger partial charge is 0.295 e. The zero-order chi connectivity index (χ0) is 11.4. The van der Waals surface area contributed by atoms with Crippen LogP contribution in [0, 0.1) is 0 Å². The van der Waals surface area contributed by atoms with Crippen molar-refractivity contribution in [2.45, 2.75) is 19.3 Å². The summed E-state index contributed by atoms with van der Waals surface area (Å²) in [5.41, 5.74) is 2.22. The van der Waals surface area contributed by atoms with Crippen molar-refractivity contribution in [1.82, 2.24) is 0 Å². The molecule has 0 fully saturated rings. The second-order valence-corrected chi connectivity index (χ2v) is 4.36. The Morgan fingerprint density at radius 1 is 1.06 bits per heavy atom. The van der Waals surface area contributed by atoms with E-state index in [0.717, 1.165) is 29.0 Å². The first-order valence-corrected chi connectivity index (χ1v) is 5.79. The zero-order valence-corrected chi connectivity index (χ0v) is 9.70. The number of ketones is 1. The van der Waals surface area contributed by atoms with Gasteiger partial charge >= 0.3 is 0 Å². The predicted molar refractivity (Wildman–Crippen MR) is 67.4 cm³/mol. The van der Waals surface area contributed by atoms with E-state index in [2.05, 4.69) is 0 Å². The summed E-state index contributed by atoms with van der Waals surface area (Å²) in [6.07, 6.45) is 8.43. The van der Waals surface area contributed by atoms with Gasteiger partial charge in [-0.2, -0.15) is 0 Å². The summed E-state index contributed by atoms with van der Waals surface area (Å²) in [5, 5.41) is 0.740. The van der Waals surface area contributed by atoms with E-state index in [1.54, 1.807) is 6.08 Å². The van der Waals surface area contributed by atoms with Crippen LogP contribution >= 0.6 is 11.6 Å². The maximum atomic E-state index is 11.2. The maximum Gasteiger partial charge on any atom is 0.155 e. The Bertz CT molecular complexity index is 440. The molecule has 0 bridgehead atoms. The van der Waals surface area contributed by atoms with Crippen LogP contribution in [0.1, 0.15) is 24.8 Å². The van der Waals surface area contributed by atoms with Crippen LogP contribution in [0.5, 0.6) is 0 Å². The van der Waals surface area contributed by atoms with Gasteiger partial charge in [0.1, 0.15) is 0 Å². The molecule has 1 aromatic carbocycles. The lowest BCUT2D eigenvalue weighted by molar-refractivity contribution is -0.115. The van der Waals surface area contributed by atoms with E-state index in [9.17, 15) is 4.79 Å². The molecule has 0 heterocycles. The molecule has 2 rings (SSSR count). The Kier molecular flexibility index (Phi) is 3.58. The SMILES string of the molecule is O=C1C=C(/C=C/c2ccc(Cl)cc2)CCC1. The van der Waals surface area contributed by atoms with E-state index in [0.29, 0.717) is 6.42 Å². The maximum absolute atomic E-state index is 11.2. The van der Waals surface area contributed by atoms with Crippen LogP contribution in [0.15, 0.2) is 42.0 Å². The Labute approximate surface area is 100 Å². The van der Waals surface area contributed by atoms with Crippen LogP contribution in [0.2, 0.25) is 5.02 Å². The van der Waals surface area contributed by atoms with Gasteiger partial charge in [0, 0.05) is 11.4 Å². The summed E-state index contributed by atoms with van der Waals surface area (Å²) in [6.45, 7) is 0. The van der Waals surface area contributed by atoms with Gasteiger partial charge in [-0.25, -0.2) is 0 Å². The molecule has 1 aromatic rings. The molecule has 1 aliphatic carbocycles. The van der Waals surface area contributed by atoms with Crippen molar-refractivity contribution in [1.29, 1.82) is 0 Å². The molecule has 0 saturated heterocycles. The van der Waals surface area contributed by atoms with Gasteiger partial charge in [0.25, 0.3) is 0 Å². The fourth-order valence-corrected chi connectivity index (χ4v) is 1.85. The van der Waals surface area contributed by atoms with E-state index >= 15 is 0 Å². The van der Waals surface area contributed by atoms with Crippen LogP contribution in [0.4, 0.5) is 0 Å². The molecular weight excluding hydrogens is 220 g/mol. The monoisotopic (exact) mass is 232 g/mol. The van der Waals surface area contributed by atoms with E-state index in [1.165, 1.54) is 0 Å². The highest BCUT2D eigenvalue weighted by atomic mass is 35.5. The topological polar surface area (TPSA) is 17.1 Å². The minimum absolute atomic E-state index is 0.238. The molecule has 0 atom stereocenters. The summed E-state index contributed by atoms with van der Waals surface area (Å²) in [6, 6.07) is 7.65. The molecule has 0 aromatic heterocycles. The van der Waals surface area contributed by atoms with Gasteiger partial charge in [-0.3, -0.25) is 4.79 Å². The summed E-state index contributed by atoms with van der Waals surface area (Å²) >= 11 is 5.80. The number of hydrogen-bond acceptors (Lipinski definition) is 1. The number of carbonyl (C=O) groups is 1. The van der Waals surface area contributed by atoms with Crippen LogP contribution in [0.25, 0.3) is 6.08 Å². The molecule has 0 saturated carbocycles. The first-order valence-electron chi connectivity index (χ1n) is 5.41. The molecule has 16 heavy (non-hydrogen) atoms. The normalized spacial score (nSPS) is 16.6. The fourth-order valence-electron chi connectivity index (χ4n) is 1.73. The average Bonchev–Trinajstić information content (AvgIpc) is 2.28. The average molecular weight is 233 g/mol. The molecular formula is C14H13ClO. The Balaban J connectivity index is 2.09. The Morgan fingerprint density at radius 2 is 1.81 bits per heavy atom. The molecule has 2 heteroatoms. The molecule has 1 nitrogen and oxygen atoms in total. The number of carbonyl (C=O) groups excluding carboxylic acids is 1. The third-order valence-electron chi connectivity index (χ3n) is 2.59. The number of halogens is 1. The van der Waals surface area contributed by atoms with Gasteiger partial charge in [-0.1, -0.05) is 35.9 Å². The zero-order valence-electron chi connectivity index (χ0n) is 8.95. The lowest BCUT2D eigenvalue weighted by Crippen LogP contribution is -2.00. The first-order chi connectivity index (χ1) is 7.74. The molecule has 0 amide bonds. The minimum atomic E-state index is 0.238. The van der Waals surface area contributed by atoms with Crippen LogP contribution < -0.4 is 0 Å². The summed E-state index contributed by atoms with van der Waals surface area (Å²) in [5.74, 6) is 0.238. The second kappa shape index (κ2) is 5.13. The molecule has 0 N–H and O–H groups in total. The van der Waals surface area contributed by atoms with E-state index in [1.807, 2.05) is 36.4 Å². The lowest BCUT2D eigenvalue weighted by Gasteiger charge is -2.07. The molecule has 0 unspecified atom stereocenters. The molecule has 0 aliphatic heterocycles. The Morgan fingerprint density at radius 3 is 2.50 bits per heavy atom. The van der Waals surface area contributed by atoms with Crippen molar-refractivity contribution < 1.29 is 4.79 Å². The molecule has 0 radical (unpaired) electrons. The lowest BCUT2D eigenvalue weighted by atomic mass is 9.98. The third kappa shape index (κ3) is 3.07. The van der Waals surface area contributed by atoms with Crippen LogP contribution in [0.3, 0.4) is 0 Å². The van der Waals surface area contributed by atoms with E-state index in [4.69, 9.17) is 11.6 Å². The minimum Gasteiger partial charge on any atom is -0.295 e. The van der Waals surface area contributed by atoms with Crippen molar-refractivity contribution in [2.24, 2.45) is 0 Å². The summed E-state index contributed by atoms with van der Waals surface area (Å²) < 4.78 is 0. The highest BCUT2D eigenvalue weighted by Crippen LogP contribution is 2.18. The van der Waals surface area contributed by atoms with Gasteiger partial charge in [0.15, 0.2) is 5.78 Å². The van der Waals surface area contributed by atoms with Crippen LogP contribution in [-0.2, 0) is 4.79 Å². The van der Waals surface area contributed by atoms with Gasteiger partial charge < -0.3 is 0 Å². The summed E-state index contributed by atoms with van der Waals surface area (Å²) in [4.78, 5) is 11.2. The Hall–Kier alpha value is -1.34. The quantitative estimate of drug-likeness (QED) is 0.752. The first kappa shape index (κ1) is 11.2. The standard InChI is InChI=1S/C14H13ClO/c15-13-8-6-11(7-9-13)4-5-12-2-1-3-14(16)10-12/h4-10H,1-3H2/b5-4+. The van der Waals surface area contributed by atoms with Gasteiger partial charge in [-0.05, 0) is 42.2 Å². The molecule has 1 aliphatic rings. The van der Waals surface area contributed by atoms with Crippen molar-refractivity contribution in [2.75, 3.05) is 0 Å². The highest BCUT2D eigenvalue weighted by Gasteiger charge is 2.06. The van der Waals surface area contributed by atoms with Crippen molar-refractivity contribution >= 4 is 23.5 Å². The van der Waals surface area contributed by atoms with Gasteiger partial charge in [0.05, 0.1) is 0 Å². The second-order valence-electron chi connectivity index (χ2n) is 3.92. The van der Waals surface area contributed by atoms with Crippen molar-refractivity contribution in [3.05, 3.63) is 52.6 Å². The molecule has 82 valence electrons. The number of allylic oxidation sites excluding steroid dienone is 3. The van der Waals surface area contributed by atoms with Gasteiger partial charge in [-0.15, -0.1) is 0 Å². The number of hydrogen-bond donors (Lipinski definition) is 0. The predicted octanol–water partition coefficient (Wildman–Crippen LogP) is 4.03. The third-order valence-corrected chi connectivity index (χ3v) is 2.85. The summed E-state index contributed by atoms with van der Waals surface area (Å²) in [7, 11) is 0. The van der Waals surface area contributed by atoms with Crippen LogP contribution in [-0.4, -0.2) is 5.78 Å². The van der Waals surface area contributed by atoms with E-state index < -0.39 is 0 Å². The highest BCUT2D eigenvalue weighted by molar-refractivity contribution is 6.30.